The summed E-state index contributed by atoms with van der Waals surface area (Å²) in [6.45, 7) is 5.39. The molecule has 0 spiro atoms. The largest absolute Gasteiger partial charge is 0.484 e. The van der Waals surface area contributed by atoms with Gasteiger partial charge in [-0.3, -0.25) is 9.59 Å². The number of nitrogens with one attached hydrogen (secondary N) is 3. The molecule has 3 N–H and O–H groups in total. The lowest BCUT2D eigenvalue weighted by molar-refractivity contribution is -0.137. The maximum Gasteiger partial charge on any atom is 0.421 e. The summed E-state index contributed by atoms with van der Waals surface area (Å²) in [7, 11) is -1.95. The fourth-order valence-electron chi connectivity index (χ4n) is 4.26. The average molecular weight is 665 g/mol. The SMILES string of the molecule is C=CC(=O)Nc1cc(OCC(=O)N2CCN(S(C)(=O)=O)CC2)ccc1Nc1nc(Nc2cc(OC)ncc2C)ncc1C(F)(F)F. The monoisotopic (exact) mass is 664 g/mol. The van der Waals surface area contributed by atoms with Crippen molar-refractivity contribution < 1.29 is 40.7 Å². The lowest BCUT2D eigenvalue weighted by Gasteiger charge is -2.33. The first kappa shape index (κ1) is 33.9. The van der Waals surface area contributed by atoms with Gasteiger partial charge in [0.1, 0.15) is 17.1 Å². The zero-order valence-corrected chi connectivity index (χ0v) is 25.8. The van der Waals surface area contributed by atoms with E-state index in [0.717, 1.165) is 12.3 Å². The van der Waals surface area contributed by atoms with Crippen molar-refractivity contribution in [1.82, 2.24) is 24.2 Å². The Balaban J connectivity index is 1.57. The Kier molecular flexibility index (Phi) is 10.3. The van der Waals surface area contributed by atoms with Gasteiger partial charge in [-0.05, 0) is 30.7 Å². The van der Waals surface area contributed by atoms with Gasteiger partial charge in [0.2, 0.25) is 27.8 Å². The minimum absolute atomic E-state index is 0.00701. The summed E-state index contributed by atoms with van der Waals surface area (Å²) >= 11 is 0. The van der Waals surface area contributed by atoms with Crippen LogP contribution >= 0.6 is 0 Å². The Labute approximate surface area is 262 Å². The summed E-state index contributed by atoms with van der Waals surface area (Å²) < 4.78 is 77.4. The van der Waals surface area contributed by atoms with Crippen molar-refractivity contribution in [3.8, 4) is 11.6 Å². The topological polar surface area (TPSA) is 168 Å². The highest BCUT2D eigenvalue weighted by molar-refractivity contribution is 7.88. The predicted molar refractivity (Wildman–Crippen MR) is 163 cm³/mol. The number of aryl methyl sites for hydroxylation is 1. The van der Waals surface area contributed by atoms with Crippen molar-refractivity contribution >= 4 is 50.7 Å². The molecule has 1 fully saturated rings. The summed E-state index contributed by atoms with van der Waals surface area (Å²) in [4.78, 5) is 38.3. The molecule has 0 saturated carbocycles. The molecule has 0 unspecified atom stereocenters. The molecule has 1 aromatic carbocycles. The minimum Gasteiger partial charge on any atom is -0.484 e. The van der Waals surface area contributed by atoms with E-state index in [1.54, 1.807) is 6.92 Å². The fraction of sp³-hybridized carbons (Fsp3) is 0.321. The summed E-state index contributed by atoms with van der Waals surface area (Å²) in [6.07, 6.45) is -0.643. The Bertz CT molecular complexity index is 1730. The molecule has 3 aromatic rings. The molecule has 1 saturated heterocycles. The Morgan fingerprint density at radius 1 is 1.04 bits per heavy atom. The number of hydrogen-bond acceptors (Lipinski definition) is 11. The van der Waals surface area contributed by atoms with Crippen LogP contribution in [0.15, 0.2) is 49.3 Å². The zero-order valence-electron chi connectivity index (χ0n) is 25.0. The summed E-state index contributed by atoms with van der Waals surface area (Å²) in [5.41, 5.74) is -0.0523. The van der Waals surface area contributed by atoms with Crippen LogP contribution in [0.2, 0.25) is 0 Å². The number of carbonyl (C=O) groups excluding carboxylic acids is 2. The highest BCUT2D eigenvalue weighted by Gasteiger charge is 2.36. The number of ether oxygens (including phenoxy) is 2. The number of piperazine rings is 1. The van der Waals surface area contributed by atoms with Crippen LogP contribution in [-0.2, 0) is 25.8 Å². The van der Waals surface area contributed by atoms with E-state index in [-0.39, 0.29) is 55.1 Å². The van der Waals surface area contributed by atoms with E-state index >= 15 is 0 Å². The maximum atomic E-state index is 14.0. The van der Waals surface area contributed by atoms with Gasteiger partial charge in [0.25, 0.3) is 5.91 Å². The van der Waals surface area contributed by atoms with Crippen LogP contribution in [-0.4, -0.2) is 90.5 Å². The first-order valence-corrected chi connectivity index (χ1v) is 15.4. The molecule has 4 rings (SSSR count). The molecule has 0 radical (unpaired) electrons. The summed E-state index contributed by atoms with van der Waals surface area (Å²) in [6, 6.07) is 5.59. The molecule has 0 bridgehead atoms. The van der Waals surface area contributed by atoms with Crippen molar-refractivity contribution in [2.45, 2.75) is 13.1 Å². The Hall–Kier alpha value is -4.97. The summed E-state index contributed by atoms with van der Waals surface area (Å²) in [5, 5.41) is 7.98. The van der Waals surface area contributed by atoms with Crippen molar-refractivity contribution in [2.24, 2.45) is 0 Å². The number of methoxy groups -OCH3 is 1. The second kappa shape index (κ2) is 14.0. The van der Waals surface area contributed by atoms with Gasteiger partial charge in [-0.15, -0.1) is 0 Å². The van der Waals surface area contributed by atoms with Crippen molar-refractivity contribution in [3.05, 3.63) is 60.4 Å². The van der Waals surface area contributed by atoms with E-state index in [9.17, 15) is 31.2 Å². The first-order valence-electron chi connectivity index (χ1n) is 13.6. The van der Waals surface area contributed by atoms with E-state index in [4.69, 9.17) is 9.47 Å². The number of alkyl halides is 3. The first-order chi connectivity index (χ1) is 21.7. The zero-order chi connectivity index (χ0) is 33.6. The second-order valence-electron chi connectivity index (χ2n) is 9.98. The van der Waals surface area contributed by atoms with Gasteiger partial charge in [-0.1, -0.05) is 6.58 Å². The number of sulfonamides is 1. The molecule has 18 heteroatoms. The molecule has 2 aromatic heterocycles. The third-order valence-electron chi connectivity index (χ3n) is 6.74. The third kappa shape index (κ3) is 8.60. The van der Waals surface area contributed by atoms with Crippen LogP contribution < -0.4 is 25.4 Å². The normalized spacial score (nSPS) is 13.9. The van der Waals surface area contributed by atoms with E-state index in [2.05, 4.69) is 37.5 Å². The number of benzene rings is 1. The van der Waals surface area contributed by atoms with E-state index in [1.165, 1.54) is 46.8 Å². The number of pyridine rings is 1. The highest BCUT2D eigenvalue weighted by Crippen LogP contribution is 2.37. The third-order valence-corrected chi connectivity index (χ3v) is 8.04. The van der Waals surface area contributed by atoms with Gasteiger partial charge in [0.15, 0.2) is 6.61 Å². The number of amides is 2. The average Bonchev–Trinajstić information content (AvgIpc) is 3.01. The van der Waals surface area contributed by atoms with E-state index < -0.39 is 46.0 Å². The van der Waals surface area contributed by atoms with Crippen LogP contribution in [0.5, 0.6) is 11.6 Å². The lowest BCUT2D eigenvalue weighted by Crippen LogP contribution is -2.51. The van der Waals surface area contributed by atoms with E-state index in [0.29, 0.717) is 17.4 Å². The molecule has 3 heterocycles. The molecule has 1 aliphatic heterocycles. The Morgan fingerprint density at radius 3 is 2.39 bits per heavy atom. The quantitative estimate of drug-likeness (QED) is 0.257. The minimum atomic E-state index is -4.84. The van der Waals surface area contributed by atoms with Crippen molar-refractivity contribution in [2.75, 3.05) is 62.1 Å². The molecule has 246 valence electrons. The van der Waals surface area contributed by atoms with Crippen molar-refractivity contribution in [3.63, 3.8) is 0 Å². The molecule has 1 aliphatic rings. The van der Waals surface area contributed by atoms with Gasteiger partial charge in [0, 0.05) is 50.7 Å². The van der Waals surface area contributed by atoms with Gasteiger partial charge in [-0.2, -0.15) is 22.5 Å². The smallest absolute Gasteiger partial charge is 0.421 e. The molecular formula is C28H31F3N8O6S. The molecular weight excluding hydrogens is 633 g/mol. The predicted octanol–water partition coefficient (Wildman–Crippen LogP) is 3.30. The fourth-order valence-corrected chi connectivity index (χ4v) is 5.09. The van der Waals surface area contributed by atoms with Crippen LogP contribution in [0.25, 0.3) is 0 Å². The Morgan fingerprint density at radius 2 is 1.76 bits per heavy atom. The molecule has 46 heavy (non-hydrogen) atoms. The summed E-state index contributed by atoms with van der Waals surface area (Å²) in [5.74, 6) is -1.46. The molecule has 0 atom stereocenters. The second-order valence-corrected chi connectivity index (χ2v) is 12.0. The number of carbonyl (C=O) groups is 2. The number of rotatable bonds is 11. The number of hydrogen-bond donors (Lipinski definition) is 3. The van der Waals surface area contributed by atoms with Gasteiger partial charge < -0.3 is 30.3 Å². The number of nitrogens with zero attached hydrogens (tertiary/aromatic N) is 5. The molecule has 2 amide bonds. The number of anilines is 5. The van der Waals surface area contributed by atoms with Crippen LogP contribution in [0, 0.1) is 6.92 Å². The van der Waals surface area contributed by atoms with E-state index in [1.807, 2.05) is 0 Å². The highest BCUT2D eigenvalue weighted by atomic mass is 32.2. The standard InChI is InChI=1S/C28H31F3N8O6S/c1-5-23(40)34-22-12-18(45-16-25(41)38-8-10-39(11-9-38)46(4,42)43)6-7-20(22)35-26-19(28(29,30)31)15-33-27(37-26)36-21-13-24(44-3)32-14-17(21)2/h5-7,12-15H,1,8-11,16H2,2-4H3,(H,34,40)(H2,32,33,35,36,37). The molecule has 0 aliphatic carbocycles. The number of halogens is 3. The molecule has 14 nitrogen and oxygen atoms in total. The van der Waals surface area contributed by atoms with Crippen LogP contribution in [0.1, 0.15) is 11.1 Å². The lowest BCUT2D eigenvalue weighted by atomic mass is 10.2. The van der Waals surface area contributed by atoms with Crippen LogP contribution in [0.4, 0.5) is 42.0 Å². The van der Waals surface area contributed by atoms with Gasteiger partial charge in [0.05, 0.1) is 30.4 Å². The van der Waals surface area contributed by atoms with Crippen molar-refractivity contribution in [1.29, 1.82) is 0 Å². The maximum absolute atomic E-state index is 14.0. The van der Waals surface area contributed by atoms with Gasteiger partial charge >= 0.3 is 6.18 Å². The van der Waals surface area contributed by atoms with Crippen LogP contribution in [0.3, 0.4) is 0 Å². The number of aromatic nitrogens is 3. The van der Waals surface area contributed by atoms with Gasteiger partial charge in [-0.25, -0.2) is 18.4 Å².